The van der Waals surface area contributed by atoms with Gasteiger partial charge in [-0.15, -0.1) is 0 Å². The Morgan fingerprint density at radius 2 is 2.50 bits per heavy atom. The van der Waals surface area contributed by atoms with Crippen LogP contribution >= 0.6 is 0 Å². The van der Waals surface area contributed by atoms with Crippen LogP contribution in [0, 0.1) is 0 Å². The molecular formula is C8H15N3O3. The summed E-state index contributed by atoms with van der Waals surface area (Å²) in [5.41, 5.74) is 5.38. The van der Waals surface area contributed by atoms with Gasteiger partial charge in [0.05, 0.1) is 6.04 Å². The molecule has 6 heteroatoms. The summed E-state index contributed by atoms with van der Waals surface area (Å²) < 4.78 is 0. The van der Waals surface area contributed by atoms with Crippen LogP contribution in [-0.4, -0.2) is 53.6 Å². The topological polar surface area (TPSA) is 95.7 Å². The summed E-state index contributed by atoms with van der Waals surface area (Å²) in [5.74, 6) is -1.11. The first-order valence-electron chi connectivity index (χ1n) is 4.52. The predicted octanol–water partition coefficient (Wildman–Crippen LogP) is -1.78. The lowest BCUT2D eigenvalue weighted by molar-refractivity contribution is -0.140. The molecule has 0 spiro atoms. The van der Waals surface area contributed by atoms with Gasteiger partial charge in [0, 0.05) is 19.6 Å². The minimum Gasteiger partial charge on any atom is -0.480 e. The van der Waals surface area contributed by atoms with Crippen molar-refractivity contribution in [3.8, 4) is 0 Å². The number of nitrogens with two attached hydrogens (primary N) is 1. The zero-order valence-corrected chi connectivity index (χ0v) is 8.06. The molecule has 0 bridgehead atoms. The number of carboxylic acid groups (broad SMARTS) is 1. The van der Waals surface area contributed by atoms with Gasteiger partial charge < -0.3 is 16.2 Å². The largest absolute Gasteiger partial charge is 0.480 e. The molecule has 1 fully saturated rings. The van der Waals surface area contributed by atoms with Crippen molar-refractivity contribution in [3.63, 3.8) is 0 Å². The number of carboxylic acids is 1. The molecule has 1 amide bonds. The van der Waals surface area contributed by atoms with Gasteiger partial charge in [-0.05, 0) is 6.92 Å². The summed E-state index contributed by atoms with van der Waals surface area (Å²) in [6.07, 6.45) is 0. The number of piperazine rings is 1. The van der Waals surface area contributed by atoms with Gasteiger partial charge in [-0.3, -0.25) is 14.5 Å². The highest BCUT2D eigenvalue weighted by atomic mass is 16.4. The number of carbonyl (C=O) groups excluding carboxylic acids is 1. The van der Waals surface area contributed by atoms with Crippen LogP contribution in [0.3, 0.4) is 0 Å². The molecule has 2 atom stereocenters. The molecule has 0 radical (unpaired) electrons. The van der Waals surface area contributed by atoms with Gasteiger partial charge in [-0.2, -0.15) is 0 Å². The fourth-order valence-corrected chi connectivity index (χ4v) is 1.41. The number of amides is 1. The zero-order valence-electron chi connectivity index (χ0n) is 8.06. The minimum atomic E-state index is -1.04. The van der Waals surface area contributed by atoms with E-state index in [1.165, 1.54) is 0 Å². The number of nitrogens with zero attached hydrogens (tertiary/aromatic N) is 1. The first-order chi connectivity index (χ1) is 6.52. The Kier molecular flexibility index (Phi) is 3.43. The maximum Gasteiger partial charge on any atom is 0.321 e. The van der Waals surface area contributed by atoms with E-state index in [0.717, 1.165) is 0 Å². The van der Waals surface area contributed by atoms with Gasteiger partial charge in [-0.1, -0.05) is 0 Å². The van der Waals surface area contributed by atoms with Crippen molar-refractivity contribution in [3.05, 3.63) is 0 Å². The van der Waals surface area contributed by atoms with E-state index in [4.69, 9.17) is 10.8 Å². The van der Waals surface area contributed by atoms with Crippen molar-refractivity contribution < 1.29 is 14.7 Å². The molecule has 0 aromatic rings. The quantitative estimate of drug-likeness (QED) is 0.501. The molecule has 1 aliphatic rings. The van der Waals surface area contributed by atoms with Crippen LogP contribution in [0.25, 0.3) is 0 Å². The standard InChI is InChI=1S/C8H15N3O3/c1-5-7(12)10-2-3-11(5)4-6(9)8(13)14/h5-6H,2-4,9H2,1H3,(H,10,12)(H,13,14). The lowest BCUT2D eigenvalue weighted by Gasteiger charge is -2.33. The van der Waals surface area contributed by atoms with Gasteiger partial charge in [0.2, 0.25) is 5.91 Å². The Morgan fingerprint density at radius 3 is 3.07 bits per heavy atom. The number of carbonyl (C=O) groups is 2. The van der Waals surface area contributed by atoms with Crippen LogP contribution in [-0.2, 0) is 9.59 Å². The SMILES string of the molecule is CC1C(=O)NCCN1CC(N)C(=O)O. The maximum atomic E-state index is 11.2. The molecule has 0 aromatic carbocycles. The lowest BCUT2D eigenvalue weighted by atomic mass is 10.1. The molecule has 1 rings (SSSR count). The number of hydrogen-bond acceptors (Lipinski definition) is 4. The van der Waals surface area contributed by atoms with Crippen molar-refractivity contribution in [1.29, 1.82) is 0 Å². The molecule has 4 N–H and O–H groups in total. The van der Waals surface area contributed by atoms with Crippen molar-refractivity contribution in [2.45, 2.75) is 19.0 Å². The number of hydrogen-bond donors (Lipinski definition) is 3. The molecule has 0 aliphatic carbocycles. The molecule has 80 valence electrons. The second kappa shape index (κ2) is 4.39. The van der Waals surface area contributed by atoms with Crippen LogP contribution in [0.4, 0.5) is 0 Å². The molecule has 6 nitrogen and oxygen atoms in total. The zero-order chi connectivity index (χ0) is 10.7. The van der Waals surface area contributed by atoms with E-state index in [2.05, 4.69) is 5.32 Å². The van der Waals surface area contributed by atoms with E-state index in [9.17, 15) is 9.59 Å². The molecule has 14 heavy (non-hydrogen) atoms. The third-order valence-corrected chi connectivity index (χ3v) is 2.37. The minimum absolute atomic E-state index is 0.0751. The average Bonchev–Trinajstić information content (AvgIpc) is 2.12. The van der Waals surface area contributed by atoms with Gasteiger partial charge in [0.1, 0.15) is 6.04 Å². The van der Waals surface area contributed by atoms with Crippen molar-refractivity contribution in [2.75, 3.05) is 19.6 Å². The van der Waals surface area contributed by atoms with Crippen LogP contribution < -0.4 is 11.1 Å². The highest BCUT2D eigenvalue weighted by molar-refractivity contribution is 5.82. The van der Waals surface area contributed by atoms with E-state index < -0.39 is 12.0 Å². The average molecular weight is 201 g/mol. The molecule has 1 heterocycles. The monoisotopic (exact) mass is 201 g/mol. The number of rotatable bonds is 3. The summed E-state index contributed by atoms with van der Waals surface area (Å²) in [6, 6.07) is -1.22. The summed E-state index contributed by atoms with van der Waals surface area (Å²) in [5, 5.41) is 11.3. The Hall–Kier alpha value is -1.14. The highest BCUT2D eigenvalue weighted by Crippen LogP contribution is 2.03. The van der Waals surface area contributed by atoms with Gasteiger partial charge in [0.25, 0.3) is 0 Å². The third kappa shape index (κ3) is 2.43. The van der Waals surface area contributed by atoms with Crippen LogP contribution in [0.15, 0.2) is 0 Å². The Labute approximate surface area is 82.1 Å². The first-order valence-corrected chi connectivity index (χ1v) is 4.52. The molecule has 2 unspecified atom stereocenters. The maximum absolute atomic E-state index is 11.2. The summed E-state index contributed by atoms with van der Waals surface area (Å²) >= 11 is 0. The molecule has 0 saturated carbocycles. The second-order valence-corrected chi connectivity index (χ2v) is 3.41. The molecule has 1 saturated heterocycles. The normalized spacial score (nSPS) is 25.6. The highest BCUT2D eigenvalue weighted by Gasteiger charge is 2.27. The van der Waals surface area contributed by atoms with E-state index >= 15 is 0 Å². The van der Waals surface area contributed by atoms with Crippen molar-refractivity contribution >= 4 is 11.9 Å². The molecular weight excluding hydrogens is 186 g/mol. The molecule has 1 aliphatic heterocycles. The van der Waals surface area contributed by atoms with Crippen molar-refractivity contribution in [1.82, 2.24) is 10.2 Å². The Balaban J connectivity index is 2.51. The second-order valence-electron chi connectivity index (χ2n) is 3.41. The van der Waals surface area contributed by atoms with Crippen LogP contribution in [0.5, 0.6) is 0 Å². The summed E-state index contributed by atoms with van der Waals surface area (Å²) in [7, 11) is 0. The lowest BCUT2D eigenvalue weighted by Crippen LogP contribution is -2.57. The van der Waals surface area contributed by atoms with Crippen LogP contribution in [0.2, 0.25) is 0 Å². The van der Waals surface area contributed by atoms with Gasteiger partial charge in [0.15, 0.2) is 0 Å². The van der Waals surface area contributed by atoms with E-state index in [1.54, 1.807) is 11.8 Å². The summed E-state index contributed by atoms with van der Waals surface area (Å²) in [4.78, 5) is 23.5. The first kappa shape index (κ1) is 10.9. The molecule has 0 aromatic heterocycles. The number of nitrogens with one attached hydrogen (secondary N) is 1. The fourth-order valence-electron chi connectivity index (χ4n) is 1.41. The van der Waals surface area contributed by atoms with Gasteiger partial charge >= 0.3 is 5.97 Å². The van der Waals surface area contributed by atoms with Crippen molar-refractivity contribution in [2.24, 2.45) is 5.73 Å². The van der Waals surface area contributed by atoms with E-state index in [-0.39, 0.29) is 18.5 Å². The number of aliphatic carboxylic acids is 1. The van der Waals surface area contributed by atoms with E-state index in [1.807, 2.05) is 0 Å². The fraction of sp³-hybridized carbons (Fsp3) is 0.750. The van der Waals surface area contributed by atoms with Gasteiger partial charge in [-0.25, -0.2) is 0 Å². The van der Waals surface area contributed by atoms with E-state index in [0.29, 0.717) is 13.1 Å². The Bertz CT molecular complexity index is 244. The third-order valence-electron chi connectivity index (χ3n) is 2.37. The summed E-state index contributed by atoms with van der Waals surface area (Å²) in [6.45, 7) is 3.15. The smallest absolute Gasteiger partial charge is 0.321 e. The predicted molar refractivity (Wildman–Crippen MR) is 49.7 cm³/mol. The van der Waals surface area contributed by atoms with Crippen LogP contribution in [0.1, 0.15) is 6.92 Å². The Morgan fingerprint density at radius 1 is 1.86 bits per heavy atom.